The molecule has 1 aromatic heterocycles. The first-order valence-electron chi connectivity index (χ1n) is 4.04. The van der Waals surface area contributed by atoms with Crippen LogP contribution in [-0.2, 0) is 0 Å². The van der Waals surface area contributed by atoms with Crippen molar-refractivity contribution >= 4 is 12.2 Å². The van der Waals surface area contributed by atoms with Gasteiger partial charge in [-0.15, -0.1) is 0 Å². The molecule has 5 heteroatoms. The summed E-state index contributed by atoms with van der Waals surface area (Å²) in [4.78, 5) is 0. The number of nitrogens with one attached hydrogen (secondary N) is 1. The molecule has 0 fully saturated rings. The predicted molar refractivity (Wildman–Crippen MR) is 52.0 cm³/mol. The highest BCUT2D eigenvalue weighted by Crippen LogP contribution is 2.10. The third kappa shape index (κ3) is 1.67. The summed E-state index contributed by atoms with van der Waals surface area (Å²) in [6.07, 6.45) is 1.69. The molecule has 0 spiro atoms. The third-order valence-electron chi connectivity index (χ3n) is 1.83. The van der Waals surface area contributed by atoms with E-state index in [4.69, 9.17) is 21.5 Å². The van der Waals surface area contributed by atoms with Gasteiger partial charge < -0.3 is 9.26 Å². The molecule has 0 atom stereocenters. The molecule has 2 rings (SSSR count). The van der Waals surface area contributed by atoms with Gasteiger partial charge in [0.1, 0.15) is 5.75 Å². The van der Waals surface area contributed by atoms with Gasteiger partial charge in [-0.3, -0.25) is 0 Å². The Morgan fingerprint density at radius 2 is 2.07 bits per heavy atom. The van der Waals surface area contributed by atoms with Crippen LogP contribution in [0.4, 0.5) is 0 Å². The number of aromatic nitrogens is 2. The van der Waals surface area contributed by atoms with Gasteiger partial charge in [-0.25, -0.2) is 0 Å². The molecule has 72 valence electrons. The first kappa shape index (κ1) is 8.96. The molecule has 0 bridgehead atoms. The molecule has 1 N–H and O–H groups in total. The van der Waals surface area contributed by atoms with Gasteiger partial charge >= 0.3 is 0 Å². The zero-order valence-corrected chi connectivity index (χ0v) is 8.38. The lowest BCUT2D eigenvalue weighted by molar-refractivity contribution is -0.670. The van der Waals surface area contributed by atoms with E-state index in [2.05, 4.69) is 5.27 Å². The quantitative estimate of drug-likeness (QED) is 0.603. The summed E-state index contributed by atoms with van der Waals surface area (Å²) >= 11 is 4.84. The van der Waals surface area contributed by atoms with Gasteiger partial charge in [-0.2, -0.15) is 0 Å². The summed E-state index contributed by atoms with van der Waals surface area (Å²) in [5, 5.41) is 2.66. The Hall–Kier alpha value is -1.62. The van der Waals surface area contributed by atoms with Crippen LogP contribution < -0.4 is 9.42 Å². The minimum absolute atomic E-state index is 0.417. The van der Waals surface area contributed by atoms with E-state index in [1.54, 1.807) is 18.0 Å². The molecule has 1 aromatic carbocycles. The average Bonchev–Trinajstić information content (AvgIpc) is 2.65. The maximum atomic E-state index is 5.05. The van der Waals surface area contributed by atoms with Gasteiger partial charge in [0, 0.05) is 12.1 Å². The Kier molecular flexibility index (Phi) is 2.32. The van der Waals surface area contributed by atoms with Crippen molar-refractivity contribution in [1.29, 1.82) is 0 Å². The van der Waals surface area contributed by atoms with Crippen molar-refractivity contribution in [3.63, 3.8) is 0 Å². The largest absolute Gasteiger partial charge is 0.497 e. The highest BCUT2D eigenvalue weighted by molar-refractivity contribution is 7.71. The Morgan fingerprint density at radius 3 is 2.57 bits per heavy atom. The van der Waals surface area contributed by atoms with E-state index in [1.165, 1.54) is 0 Å². The molecule has 2 aromatic rings. The third-order valence-corrected chi connectivity index (χ3v) is 2.02. The predicted octanol–water partition coefficient (Wildman–Crippen LogP) is 1.62. The van der Waals surface area contributed by atoms with Crippen molar-refractivity contribution < 1.29 is 13.9 Å². The van der Waals surface area contributed by atoms with Crippen LogP contribution in [0, 0.1) is 4.71 Å². The van der Waals surface area contributed by atoms with Gasteiger partial charge in [0.2, 0.25) is 5.69 Å². The van der Waals surface area contributed by atoms with Gasteiger partial charge in [0.25, 0.3) is 10.9 Å². The lowest BCUT2D eigenvalue weighted by Gasteiger charge is -1.96. The first-order chi connectivity index (χ1) is 6.79. The lowest BCUT2D eigenvalue weighted by Crippen LogP contribution is -2.31. The van der Waals surface area contributed by atoms with Crippen molar-refractivity contribution in [2.24, 2.45) is 0 Å². The van der Waals surface area contributed by atoms with Crippen LogP contribution in [0.5, 0.6) is 5.75 Å². The minimum Gasteiger partial charge on any atom is -0.497 e. The maximum absolute atomic E-state index is 5.05. The van der Waals surface area contributed by atoms with Crippen LogP contribution in [0.15, 0.2) is 35.0 Å². The molecule has 0 radical (unpaired) electrons. The summed E-state index contributed by atoms with van der Waals surface area (Å²) in [7, 11) is 1.63. The normalized spacial score (nSPS) is 10.1. The van der Waals surface area contributed by atoms with E-state index >= 15 is 0 Å². The Labute approximate surface area is 85.7 Å². The minimum atomic E-state index is 0.417. The van der Waals surface area contributed by atoms with E-state index in [0.29, 0.717) is 4.71 Å². The fraction of sp³-hybridized carbons (Fsp3) is 0.111. The summed E-state index contributed by atoms with van der Waals surface area (Å²) in [6.45, 7) is 0. The highest BCUT2D eigenvalue weighted by atomic mass is 32.1. The zero-order chi connectivity index (χ0) is 9.97. The van der Waals surface area contributed by atoms with E-state index in [0.717, 1.165) is 11.4 Å². The number of hydrogen-bond acceptors (Lipinski definition) is 3. The molecule has 1 heterocycles. The monoisotopic (exact) mass is 209 g/mol. The van der Waals surface area contributed by atoms with E-state index in [1.807, 2.05) is 24.3 Å². The van der Waals surface area contributed by atoms with Crippen molar-refractivity contribution in [3.8, 4) is 11.4 Å². The molecule has 0 unspecified atom stereocenters. The molecular formula is C9H9N2O2S+. The summed E-state index contributed by atoms with van der Waals surface area (Å²) in [6, 6.07) is 7.54. The van der Waals surface area contributed by atoms with Gasteiger partial charge in [-0.1, -0.05) is 0 Å². The van der Waals surface area contributed by atoms with Crippen LogP contribution in [0.25, 0.3) is 5.69 Å². The van der Waals surface area contributed by atoms with Gasteiger partial charge in [0.15, 0.2) is 0 Å². The molecule has 14 heavy (non-hydrogen) atoms. The molecule has 0 aliphatic rings. The van der Waals surface area contributed by atoms with Crippen LogP contribution in [-0.4, -0.2) is 12.4 Å². The number of methoxy groups -OCH3 is 1. The summed E-state index contributed by atoms with van der Waals surface area (Å²) in [5.74, 6) is 0.816. The fourth-order valence-corrected chi connectivity index (χ4v) is 1.27. The van der Waals surface area contributed by atoms with Crippen molar-refractivity contribution in [3.05, 3.63) is 35.2 Å². The molecule has 0 amide bonds. The van der Waals surface area contributed by atoms with Crippen LogP contribution >= 0.6 is 12.2 Å². The second-order valence-electron chi connectivity index (χ2n) is 2.71. The standard InChI is InChI=1S/C9H8N2O2S/c1-12-8-4-2-7(3-5-8)11-6-9(14)13-10-11/h2-6H,1H3/p+1. The number of hydrogen-bond donors (Lipinski definition) is 1. The van der Waals surface area contributed by atoms with E-state index in [-0.39, 0.29) is 0 Å². The van der Waals surface area contributed by atoms with Gasteiger partial charge in [0.05, 0.1) is 7.11 Å². The smallest absolute Gasteiger partial charge is 0.291 e. The molecule has 0 saturated heterocycles. The maximum Gasteiger partial charge on any atom is 0.291 e. The lowest BCUT2D eigenvalue weighted by atomic mass is 10.3. The van der Waals surface area contributed by atoms with E-state index < -0.39 is 0 Å². The van der Waals surface area contributed by atoms with Crippen LogP contribution in [0.1, 0.15) is 0 Å². The topological polar surface area (TPSA) is 42.0 Å². The molecular weight excluding hydrogens is 200 g/mol. The Bertz CT molecular complexity index is 472. The number of rotatable bonds is 2. The second-order valence-corrected chi connectivity index (χ2v) is 3.11. The Balaban J connectivity index is 2.38. The number of H-pyrrole nitrogens is 1. The van der Waals surface area contributed by atoms with Crippen molar-refractivity contribution in [2.75, 3.05) is 7.11 Å². The van der Waals surface area contributed by atoms with Crippen LogP contribution in [0.2, 0.25) is 0 Å². The van der Waals surface area contributed by atoms with Crippen LogP contribution in [0.3, 0.4) is 0 Å². The number of ether oxygens (including phenoxy) is 1. The molecule has 0 aliphatic carbocycles. The summed E-state index contributed by atoms with van der Waals surface area (Å²) < 4.78 is 12.1. The summed E-state index contributed by atoms with van der Waals surface area (Å²) in [5.41, 5.74) is 0.936. The second kappa shape index (κ2) is 3.63. The highest BCUT2D eigenvalue weighted by Gasteiger charge is 2.07. The zero-order valence-electron chi connectivity index (χ0n) is 7.56. The number of benzene rings is 1. The first-order valence-corrected chi connectivity index (χ1v) is 4.45. The van der Waals surface area contributed by atoms with Crippen molar-refractivity contribution in [2.45, 2.75) is 0 Å². The molecule has 0 aliphatic heterocycles. The Morgan fingerprint density at radius 1 is 1.36 bits per heavy atom. The number of nitrogens with zero attached hydrogens (tertiary/aromatic N) is 1. The van der Waals surface area contributed by atoms with E-state index in [9.17, 15) is 0 Å². The SMILES string of the molecule is COc1ccc(-[n+]2cc(=S)o[nH]2)cc1. The average molecular weight is 209 g/mol. The molecule has 0 saturated carbocycles. The number of aromatic amines is 1. The fourth-order valence-electron chi connectivity index (χ4n) is 1.12. The van der Waals surface area contributed by atoms with Crippen molar-refractivity contribution in [1.82, 2.24) is 5.27 Å². The molecule has 4 nitrogen and oxygen atoms in total. The van der Waals surface area contributed by atoms with Gasteiger partial charge in [-0.05, 0) is 34.3 Å².